The lowest BCUT2D eigenvalue weighted by Crippen LogP contribution is -2.32. The van der Waals surface area contributed by atoms with Gasteiger partial charge in [0.05, 0.1) is 14.2 Å². The molecule has 0 aliphatic heterocycles. The van der Waals surface area contributed by atoms with E-state index in [1.165, 1.54) is 0 Å². The Labute approximate surface area is 147 Å². The fraction of sp³-hybridized carbons (Fsp3) is 0.316. The summed E-state index contributed by atoms with van der Waals surface area (Å²) in [6.07, 6.45) is 2.80. The number of hydrogen-bond acceptors (Lipinski definition) is 5. The molecule has 0 atom stereocenters. The van der Waals surface area contributed by atoms with Gasteiger partial charge in [-0.15, -0.1) is 0 Å². The Hall–Kier alpha value is -2.89. The number of rotatable bonds is 9. The number of nitrogens with zero attached hydrogens (tertiary/aromatic N) is 1. The number of hydrogen-bond donors (Lipinski definition) is 1. The molecule has 1 amide bonds. The average molecular weight is 342 g/mol. The smallest absolute Gasteiger partial charge is 0.287 e. The highest BCUT2D eigenvalue weighted by molar-refractivity contribution is 6.36. The van der Waals surface area contributed by atoms with Gasteiger partial charge >= 0.3 is 0 Å². The summed E-state index contributed by atoms with van der Waals surface area (Å²) >= 11 is 0. The first-order valence-electron chi connectivity index (χ1n) is 8.06. The number of benzene rings is 1. The first-order chi connectivity index (χ1) is 12.2. The van der Waals surface area contributed by atoms with Crippen molar-refractivity contribution in [1.82, 2.24) is 10.3 Å². The molecule has 0 spiro atoms. The summed E-state index contributed by atoms with van der Waals surface area (Å²) in [6, 6.07) is 11.1. The van der Waals surface area contributed by atoms with Crippen LogP contribution in [-0.4, -0.2) is 37.4 Å². The number of ketones is 1. The number of carbonyl (C=O) groups excluding carboxylic acids is 2. The first-order valence-corrected chi connectivity index (χ1v) is 8.06. The van der Waals surface area contributed by atoms with Gasteiger partial charge in [0.15, 0.2) is 11.5 Å². The third-order valence-corrected chi connectivity index (χ3v) is 3.75. The fourth-order valence-electron chi connectivity index (χ4n) is 2.46. The number of Topliss-reactive ketones (excluding diaryl/α,β-unsaturated/α-hetero) is 1. The van der Waals surface area contributed by atoms with E-state index < -0.39 is 11.7 Å². The van der Waals surface area contributed by atoms with Gasteiger partial charge in [-0.1, -0.05) is 18.2 Å². The molecular weight excluding hydrogens is 320 g/mol. The van der Waals surface area contributed by atoms with Crippen LogP contribution in [0.1, 0.15) is 17.7 Å². The van der Waals surface area contributed by atoms with Crippen LogP contribution in [0, 0.1) is 0 Å². The number of carbonyl (C=O) groups is 2. The van der Waals surface area contributed by atoms with Gasteiger partial charge in [0, 0.05) is 31.3 Å². The van der Waals surface area contributed by atoms with Crippen LogP contribution in [0.15, 0.2) is 42.6 Å². The molecule has 0 radical (unpaired) electrons. The second-order valence-corrected chi connectivity index (χ2v) is 5.40. The predicted octanol–water partition coefficient (Wildman–Crippen LogP) is 1.96. The first kappa shape index (κ1) is 18.4. The van der Waals surface area contributed by atoms with Crippen LogP contribution >= 0.6 is 0 Å². The van der Waals surface area contributed by atoms with Gasteiger partial charge in [0.1, 0.15) is 0 Å². The lowest BCUT2D eigenvalue weighted by molar-refractivity contribution is -0.137. The topological polar surface area (TPSA) is 77.5 Å². The van der Waals surface area contributed by atoms with E-state index >= 15 is 0 Å². The summed E-state index contributed by atoms with van der Waals surface area (Å²) in [4.78, 5) is 28.1. The van der Waals surface area contributed by atoms with Crippen LogP contribution in [0.2, 0.25) is 0 Å². The van der Waals surface area contributed by atoms with Crippen LogP contribution in [0.3, 0.4) is 0 Å². The van der Waals surface area contributed by atoms with Crippen molar-refractivity contribution in [1.29, 1.82) is 0 Å². The molecule has 0 aliphatic rings. The predicted molar refractivity (Wildman–Crippen MR) is 93.8 cm³/mol. The molecule has 0 saturated heterocycles. The van der Waals surface area contributed by atoms with E-state index in [1.807, 2.05) is 30.3 Å². The number of methoxy groups -OCH3 is 2. The van der Waals surface area contributed by atoms with Crippen LogP contribution in [0.25, 0.3) is 0 Å². The molecule has 1 aromatic carbocycles. The number of pyridine rings is 1. The molecule has 0 aliphatic carbocycles. The van der Waals surface area contributed by atoms with Crippen molar-refractivity contribution in [2.75, 3.05) is 20.8 Å². The maximum atomic E-state index is 12.0. The number of aromatic nitrogens is 1. The maximum absolute atomic E-state index is 12.0. The number of aryl methyl sites for hydroxylation is 1. The van der Waals surface area contributed by atoms with Crippen molar-refractivity contribution in [2.45, 2.75) is 19.3 Å². The second kappa shape index (κ2) is 9.42. The molecule has 1 aromatic heterocycles. The van der Waals surface area contributed by atoms with Crippen LogP contribution in [0.4, 0.5) is 0 Å². The number of nitrogens with one attached hydrogen (secondary N) is 1. The Morgan fingerprint density at radius 3 is 2.56 bits per heavy atom. The molecule has 132 valence electrons. The van der Waals surface area contributed by atoms with E-state index in [2.05, 4.69) is 10.3 Å². The van der Waals surface area contributed by atoms with Gasteiger partial charge in [-0.3, -0.25) is 14.6 Å². The maximum Gasteiger partial charge on any atom is 0.287 e. The molecule has 0 saturated carbocycles. The van der Waals surface area contributed by atoms with Gasteiger partial charge in [-0.25, -0.2) is 0 Å². The highest BCUT2D eigenvalue weighted by Crippen LogP contribution is 2.31. The van der Waals surface area contributed by atoms with Gasteiger partial charge in [-0.05, 0) is 30.2 Å². The normalized spacial score (nSPS) is 10.2. The largest absolute Gasteiger partial charge is 0.493 e. The Morgan fingerprint density at radius 2 is 1.88 bits per heavy atom. The van der Waals surface area contributed by atoms with Crippen molar-refractivity contribution in [3.63, 3.8) is 0 Å². The molecular formula is C19H22N2O4. The summed E-state index contributed by atoms with van der Waals surface area (Å²) in [5, 5.41) is 2.63. The number of para-hydroxylation sites is 1. The van der Waals surface area contributed by atoms with Crippen molar-refractivity contribution >= 4 is 11.7 Å². The van der Waals surface area contributed by atoms with Crippen molar-refractivity contribution < 1.29 is 19.1 Å². The summed E-state index contributed by atoms with van der Waals surface area (Å²) < 4.78 is 10.6. The van der Waals surface area contributed by atoms with Crippen molar-refractivity contribution in [3.05, 3.63) is 53.9 Å². The number of ether oxygens (including phenoxy) is 2. The zero-order chi connectivity index (χ0) is 18.1. The molecule has 6 heteroatoms. The van der Waals surface area contributed by atoms with Crippen LogP contribution in [0.5, 0.6) is 11.5 Å². The summed E-state index contributed by atoms with van der Waals surface area (Å²) in [5.41, 5.74) is 1.70. The van der Waals surface area contributed by atoms with E-state index in [9.17, 15) is 9.59 Å². The summed E-state index contributed by atoms with van der Waals surface area (Å²) in [6.45, 7) is 0.379. The minimum absolute atomic E-state index is 0.110. The third-order valence-electron chi connectivity index (χ3n) is 3.75. The fourth-order valence-corrected chi connectivity index (χ4v) is 2.46. The van der Waals surface area contributed by atoms with Crippen LogP contribution < -0.4 is 14.8 Å². The van der Waals surface area contributed by atoms with Crippen molar-refractivity contribution in [3.8, 4) is 11.5 Å². The molecule has 1 N–H and O–H groups in total. The van der Waals surface area contributed by atoms with Gasteiger partial charge in [-0.2, -0.15) is 0 Å². The Bertz CT molecular complexity index is 717. The van der Waals surface area contributed by atoms with E-state index in [0.29, 0.717) is 30.9 Å². The van der Waals surface area contributed by atoms with E-state index in [1.54, 1.807) is 26.5 Å². The monoisotopic (exact) mass is 342 g/mol. The molecule has 0 unspecified atom stereocenters. The Balaban J connectivity index is 1.82. The van der Waals surface area contributed by atoms with Gasteiger partial charge in [0.25, 0.3) is 5.91 Å². The van der Waals surface area contributed by atoms with E-state index in [0.717, 1.165) is 11.3 Å². The highest BCUT2D eigenvalue weighted by atomic mass is 16.5. The minimum atomic E-state index is -0.571. The summed E-state index contributed by atoms with van der Waals surface area (Å²) in [7, 11) is 3.11. The van der Waals surface area contributed by atoms with Gasteiger partial charge in [0.2, 0.25) is 5.78 Å². The quantitative estimate of drug-likeness (QED) is 0.705. The van der Waals surface area contributed by atoms with Crippen LogP contribution in [-0.2, 0) is 22.4 Å². The lowest BCUT2D eigenvalue weighted by atomic mass is 10.1. The molecule has 2 rings (SSSR count). The average Bonchev–Trinajstić information content (AvgIpc) is 2.66. The highest BCUT2D eigenvalue weighted by Gasteiger charge is 2.16. The lowest BCUT2D eigenvalue weighted by Gasteiger charge is -2.12. The Kier molecular flexibility index (Phi) is 6.95. The minimum Gasteiger partial charge on any atom is -0.493 e. The van der Waals surface area contributed by atoms with Gasteiger partial charge < -0.3 is 14.8 Å². The molecule has 2 aromatic rings. The second-order valence-electron chi connectivity index (χ2n) is 5.40. The Morgan fingerprint density at radius 1 is 1.04 bits per heavy atom. The van der Waals surface area contributed by atoms with E-state index in [4.69, 9.17) is 9.47 Å². The standard InChI is InChI=1S/C19H22N2O4/c1-24-17-8-5-6-14(18(17)25-2)9-10-16(22)19(23)21-13-11-15-7-3-4-12-20-15/h3-8,12H,9-11,13H2,1-2H3,(H,21,23). The summed E-state index contributed by atoms with van der Waals surface area (Å²) in [5.74, 6) is 0.171. The molecule has 0 fully saturated rings. The van der Waals surface area contributed by atoms with Crippen molar-refractivity contribution in [2.24, 2.45) is 0 Å². The zero-order valence-electron chi connectivity index (χ0n) is 14.5. The zero-order valence-corrected chi connectivity index (χ0v) is 14.5. The third kappa shape index (κ3) is 5.31. The molecule has 6 nitrogen and oxygen atoms in total. The van der Waals surface area contributed by atoms with E-state index in [-0.39, 0.29) is 6.42 Å². The number of amides is 1. The molecule has 1 heterocycles. The SMILES string of the molecule is COc1cccc(CCC(=O)C(=O)NCCc2ccccn2)c1OC. The molecule has 25 heavy (non-hydrogen) atoms. The molecule has 0 bridgehead atoms.